The molecule has 2 aromatic rings. The van der Waals surface area contributed by atoms with Crippen molar-refractivity contribution in [3.63, 3.8) is 0 Å². The summed E-state index contributed by atoms with van der Waals surface area (Å²) in [7, 11) is 0. The highest BCUT2D eigenvalue weighted by Crippen LogP contribution is 2.31. The largest absolute Gasteiger partial charge is 0.463 e. The van der Waals surface area contributed by atoms with E-state index in [4.69, 9.17) is 16.3 Å². The van der Waals surface area contributed by atoms with Gasteiger partial charge in [-0.2, -0.15) is 0 Å². The van der Waals surface area contributed by atoms with Gasteiger partial charge < -0.3 is 15.4 Å². The molecule has 1 heterocycles. The van der Waals surface area contributed by atoms with Gasteiger partial charge in [0.25, 0.3) is 0 Å². The molecule has 0 radical (unpaired) electrons. The van der Waals surface area contributed by atoms with Crippen LogP contribution in [0.3, 0.4) is 0 Å². The number of nitrogens with one attached hydrogen (secondary N) is 2. The van der Waals surface area contributed by atoms with Gasteiger partial charge in [0.15, 0.2) is 0 Å². The highest BCUT2D eigenvalue weighted by Gasteiger charge is 2.33. The second-order valence-electron chi connectivity index (χ2n) is 5.94. The Labute approximate surface area is 171 Å². The first-order valence-electron chi connectivity index (χ1n) is 8.59. The second-order valence-corrected chi connectivity index (χ2v) is 7.42. The molecule has 2 amide bonds. The van der Waals surface area contributed by atoms with E-state index in [2.05, 4.69) is 10.6 Å². The first-order chi connectivity index (χ1) is 13.5. The Morgan fingerprint density at radius 1 is 1.18 bits per heavy atom. The lowest BCUT2D eigenvalue weighted by Crippen LogP contribution is -2.46. The lowest BCUT2D eigenvalue weighted by Gasteiger charge is -2.29. The molecule has 0 saturated carbocycles. The Hall–Kier alpha value is -2.51. The summed E-state index contributed by atoms with van der Waals surface area (Å²) in [5, 5.41) is 6.03. The van der Waals surface area contributed by atoms with Crippen LogP contribution in [0, 0.1) is 5.82 Å². The predicted molar refractivity (Wildman–Crippen MR) is 107 cm³/mol. The number of benzene rings is 2. The Morgan fingerprint density at radius 2 is 1.86 bits per heavy atom. The van der Waals surface area contributed by atoms with Crippen LogP contribution < -0.4 is 10.6 Å². The standard InChI is InChI=1S/C20H18ClFN2O3S/c1-2-27-19(25)17-16(11-28-15-9-7-14(22)8-10-15)23-20(26)24-18(17)12-3-5-13(21)6-4-12/h3-10,18H,2,11H2,1H3,(H2,23,24,26)/t18-/m0/s1. The summed E-state index contributed by atoms with van der Waals surface area (Å²) in [6.45, 7) is 1.93. The van der Waals surface area contributed by atoms with Gasteiger partial charge in [-0.1, -0.05) is 23.7 Å². The van der Waals surface area contributed by atoms with Crippen LogP contribution in [0.15, 0.2) is 64.7 Å². The zero-order valence-electron chi connectivity index (χ0n) is 15.0. The molecule has 28 heavy (non-hydrogen) atoms. The van der Waals surface area contributed by atoms with E-state index in [9.17, 15) is 14.0 Å². The zero-order chi connectivity index (χ0) is 20.1. The summed E-state index contributed by atoms with van der Waals surface area (Å²) in [5.74, 6) is -0.518. The molecule has 1 atom stereocenters. The number of urea groups is 1. The molecule has 0 fully saturated rings. The first-order valence-corrected chi connectivity index (χ1v) is 9.95. The molecular formula is C20H18ClFN2O3S. The maximum Gasteiger partial charge on any atom is 0.338 e. The summed E-state index contributed by atoms with van der Waals surface area (Å²) < 4.78 is 18.3. The van der Waals surface area contributed by atoms with Gasteiger partial charge in [0.05, 0.1) is 18.2 Å². The molecule has 0 aliphatic carbocycles. The number of thioether (sulfide) groups is 1. The van der Waals surface area contributed by atoms with Crippen LogP contribution in [0.5, 0.6) is 0 Å². The van der Waals surface area contributed by atoms with E-state index in [1.807, 2.05) is 0 Å². The average molecular weight is 421 g/mol. The van der Waals surface area contributed by atoms with E-state index in [0.29, 0.717) is 27.6 Å². The van der Waals surface area contributed by atoms with Crippen molar-refractivity contribution < 1.29 is 18.7 Å². The number of rotatable bonds is 6. The van der Waals surface area contributed by atoms with Crippen LogP contribution in [0.1, 0.15) is 18.5 Å². The van der Waals surface area contributed by atoms with Crippen molar-refractivity contribution in [3.8, 4) is 0 Å². The molecular weight excluding hydrogens is 403 g/mol. The fourth-order valence-electron chi connectivity index (χ4n) is 2.77. The third kappa shape index (κ3) is 4.85. The number of carbonyl (C=O) groups is 2. The normalized spacial score (nSPS) is 16.4. The minimum atomic E-state index is -0.658. The maximum absolute atomic E-state index is 13.1. The van der Waals surface area contributed by atoms with Gasteiger partial charge in [-0.3, -0.25) is 0 Å². The van der Waals surface area contributed by atoms with Crippen molar-refractivity contribution in [1.82, 2.24) is 10.6 Å². The van der Waals surface area contributed by atoms with Gasteiger partial charge in [0, 0.05) is 21.4 Å². The molecule has 1 aliphatic rings. The molecule has 2 N–H and O–H groups in total. The van der Waals surface area contributed by atoms with Gasteiger partial charge >= 0.3 is 12.0 Å². The number of halogens is 2. The van der Waals surface area contributed by atoms with Crippen molar-refractivity contribution >= 4 is 35.4 Å². The third-order valence-electron chi connectivity index (χ3n) is 4.05. The Bertz CT molecular complexity index is 901. The summed E-state index contributed by atoms with van der Waals surface area (Å²) in [6.07, 6.45) is 0. The molecule has 0 spiro atoms. The van der Waals surface area contributed by atoms with Crippen LogP contribution in [-0.4, -0.2) is 24.4 Å². The second kappa shape index (κ2) is 9.12. The van der Waals surface area contributed by atoms with Crippen LogP contribution in [0.25, 0.3) is 0 Å². The Morgan fingerprint density at radius 3 is 2.50 bits per heavy atom. The number of ether oxygens (including phenoxy) is 1. The number of amides is 2. The topological polar surface area (TPSA) is 67.4 Å². The van der Waals surface area contributed by atoms with E-state index >= 15 is 0 Å². The SMILES string of the molecule is CCOC(=O)C1=C(CSc2ccc(F)cc2)NC(=O)N[C@H]1c1ccc(Cl)cc1. The van der Waals surface area contributed by atoms with E-state index in [0.717, 1.165) is 4.90 Å². The third-order valence-corrected chi connectivity index (χ3v) is 5.34. The highest BCUT2D eigenvalue weighted by molar-refractivity contribution is 7.99. The lowest BCUT2D eigenvalue weighted by molar-refractivity contribution is -0.139. The van der Waals surface area contributed by atoms with Crippen molar-refractivity contribution in [2.45, 2.75) is 17.9 Å². The molecule has 1 aliphatic heterocycles. The number of carbonyl (C=O) groups excluding carboxylic acids is 2. The number of hydrogen-bond donors (Lipinski definition) is 2. The van der Waals surface area contributed by atoms with Crippen molar-refractivity contribution in [2.75, 3.05) is 12.4 Å². The van der Waals surface area contributed by atoms with Gasteiger partial charge in [-0.25, -0.2) is 14.0 Å². The van der Waals surface area contributed by atoms with Crippen molar-refractivity contribution in [3.05, 3.63) is 76.2 Å². The summed E-state index contributed by atoms with van der Waals surface area (Å²) in [5.41, 5.74) is 1.50. The Kier molecular flexibility index (Phi) is 6.59. The number of esters is 1. The molecule has 8 heteroatoms. The fourth-order valence-corrected chi connectivity index (χ4v) is 3.77. The molecule has 5 nitrogen and oxygen atoms in total. The van der Waals surface area contributed by atoms with Crippen LogP contribution in [0.2, 0.25) is 5.02 Å². The minimum absolute atomic E-state index is 0.210. The Balaban J connectivity index is 1.94. The summed E-state index contributed by atoms with van der Waals surface area (Å²) in [4.78, 5) is 25.7. The predicted octanol–water partition coefficient (Wildman–Crippen LogP) is 4.44. The van der Waals surface area contributed by atoms with E-state index in [1.165, 1.54) is 23.9 Å². The van der Waals surface area contributed by atoms with E-state index in [-0.39, 0.29) is 12.4 Å². The maximum atomic E-state index is 13.1. The molecule has 0 unspecified atom stereocenters. The van der Waals surface area contributed by atoms with Gasteiger partial charge in [-0.05, 0) is 48.9 Å². The van der Waals surface area contributed by atoms with Crippen LogP contribution >= 0.6 is 23.4 Å². The van der Waals surface area contributed by atoms with Crippen LogP contribution in [0.4, 0.5) is 9.18 Å². The summed E-state index contributed by atoms with van der Waals surface area (Å²) >= 11 is 7.33. The van der Waals surface area contributed by atoms with Crippen molar-refractivity contribution in [2.24, 2.45) is 0 Å². The number of hydrogen-bond acceptors (Lipinski definition) is 4. The smallest absolute Gasteiger partial charge is 0.338 e. The lowest BCUT2D eigenvalue weighted by atomic mass is 9.95. The molecule has 3 rings (SSSR count). The highest BCUT2D eigenvalue weighted by atomic mass is 35.5. The van der Waals surface area contributed by atoms with Crippen LogP contribution in [-0.2, 0) is 9.53 Å². The monoisotopic (exact) mass is 420 g/mol. The molecule has 0 saturated heterocycles. The zero-order valence-corrected chi connectivity index (χ0v) is 16.6. The average Bonchev–Trinajstić information content (AvgIpc) is 2.68. The molecule has 0 aromatic heterocycles. The van der Waals surface area contributed by atoms with Gasteiger partial charge in [-0.15, -0.1) is 11.8 Å². The van der Waals surface area contributed by atoms with E-state index < -0.39 is 18.0 Å². The van der Waals surface area contributed by atoms with Crippen molar-refractivity contribution in [1.29, 1.82) is 0 Å². The minimum Gasteiger partial charge on any atom is -0.463 e. The van der Waals surface area contributed by atoms with E-state index in [1.54, 1.807) is 43.3 Å². The summed E-state index contributed by atoms with van der Waals surface area (Å²) in [6, 6.07) is 11.8. The first kappa shape index (κ1) is 20.2. The van der Waals surface area contributed by atoms with Gasteiger partial charge in [0.1, 0.15) is 5.82 Å². The van der Waals surface area contributed by atoms with Gasteiger partial charge in [0.2, 0.25) is 0 Å². The fraction of sp³-hybridized carbons (Fsp3) is 0.200. The molecule has 146 valence electrons. The quantitative estimate of drug-likeness (QED) is 0.535. The molecule has 2 aromatic carbocycles. The molecule has 0 bridgehead atoms.